The molecule has 2 aromatic heterocycles. The van der Waals surface area contributed by atoms with Gasteiger partial charge in [0.2, 0.25) is 5.71 Å². The van der Waals surface area contributed by atoms with Crippen molar-refractivity contribution in [3.05, 3.63) is 59.7 Å². The number of nitrogens with zero attached hydrogens (tertiary/aromatic N) is 1. The van der Waals surface area contributed by atoms with Crippen LogP contribution in [0.4, 0.5) is 17.6 Å². The van der Waals surface area contributed by atoms with Crippen LogP contribution in [-0.4, -0.2) is 29.0 Å². The Hall–Kier alpha value is -2.61. The van der Waals surface area contributed by atoms with Gasteiger partial charge in [-0.15, -0.1) is 0 Å². The van der Waals surface area contributed by atoms with Crippen LogP contribution in [0.3, 0.4) is 0 Å². The summed E-state index contributed by atoms with van der Waals surface area (Å²) >= 11 is 0. The quantitative estimate of drug-likeness (QED) is 0.568. The molecule has 4 nitrogen and oxygen atoms in total. The van der Waals surface area contributed by atoms with E-state index in [0.717, 1.165) is 12.1 Å². The standard InChI is InChI=1S/C21H21F4NO3/c1-19(2,16-10-14(22)6-7-17(16)28-3)12-20(27,21(23,24)25)11-15-9-13-5-4-8-26-18(13)29-15/h4-10,27H,11-12H2,1-3H3. The van der Waals surface area contributed by atoms with Gasteiger partial charge in [0.15, 0.2) is 5.60 Å². The smallest absolute Gasteiger partial charge is 0.417 e. The molecule has 0 aliphatic rings. The molecule has 0 saturated carbocycles. The molecule has 1 unspecified atom stereocenters. The highest BCUT2D eigenvalue weighted by Gasteiger charge is 2.56. The highest BCUT2D eigenvalue weighted by atomic mass is 19.4. The maximum atomic E-state index is 13.9. The third kappa shape index (κ3) is 4.22. The van der Waals surface area contributed by atoms with Gasteiger partial charge in [0.05, 0.1) is 7.11 Å². The summed E-state index contributed by atoms with van der Waals surface area (Å²) in [5.41, 5.74) is -3.95. The molecule has 0 radical (unpaired) electrons. The topological polar surface area (TPSA) is 55.5 Å². The van der Waals surface area contributed by atoms with Crippen LogP contribution in [0.2, 0.25) is 0 Å². The van der Waals surface area contributed by atoms with Crippen LogP contribution < -0.4 is 4.74 Å². The first kappa shape index (κ1) is 21.1. The first-order valence-electron chi connectivity index (χ1n) is 8.92. The Bertz CT molecular complexity index is 980. The Morgan fingerprint density at radius 1 is 1.14 bits per heavy atom. The first-order valence-corrected chi connectivity index (χ1v) is 8.92. The second-order valence-corrected chi connectivity index (χ2v) is 7.72. The number of fused-ring (bicyclic) bond motifs is 1. The number of hydrogen-bond acceptors (Lipinski definition) is 4. The van der Waals surface area contributed by atoms with Crippen molar-refractivity contribution < 1.29 is 31.8 Å². The molecule has 0 bridgehead atoms. The van der Waals surface area contributed by atoms with E-state index in [1.54, 1.807) is 12.1 Å². The van der Waals surface area contributed by atoms with E-state index in [4.69, 9.17) is 9.15 Å². The number of aliphatic hydroxyl groups is 1. The summed E-state index contributed by atoms with van der Waals surface area (Å²) < 4.78 is 66.2. The second-order valence-electron chi connectivity index (χ2n) is 7.72. The molecule has 2 heterocycles. The Kier molecular flexibility index (Phi) is 5.34. The van der Waals surface area contributed by atoms with Crippen LogP contribution >= 0.6 is 0 Å². The molecule has 1 N–H and O–H groups in total. The number of benzene rings is 1. The SMILES string of the molecule is COc1ccc(F)cc1C(C)(C)CC(O)(Cc1cc2cccnc2o1)C(F)(F)F. The fraction of sp³-hybridized carbons (Fsp3) is 0.381. The van der Waals surface area contributed by atoms with Crippen molar-refractivity contribution in [1.29, 1.82) is 0 Å². The van der Waals surface area contributed by atoms with Gasteiger partial charge >= 0.3 is 6.18 Å². The molecule has 0 fully saturated rings. The van der Waals surface area contributed by atoms with Gasteiger partial charge in [-0.25, -0.2) is 9.37 Å². The molecule has 8 heteroatoms. The van der Waals surface area contributed by atoms with Gasteiger partial charge in [-0.3, -0.25) is 0 Å². The average molecular weight is 411 g/mol. The molecular weight excluding hydrogens is 390 g/mol. The van der Waals surface area contributed by atoms with Gasteiger partial charge in [-0.1, -0.05) is 13.8 Å². The minimum Gasteiger partial charge on any atom is -0.496 e. The number of halogens is 4. The zero-order chi connectivity index (χ0) is 21.4. The largest absolute Gasteiger partial charge is 0.496 e. The molecule has 156 valence electrons. The Morgan fingerprint density at radius 3 is 2.48 bits per heavy atom. The van der Waals surface area contributed by atoms with Gasteiger partial charge < -0.3 is 14.3 Å². The minimum absolute atomic E-state index is 0.0412. The summed E-state index contributed by atoms with van der Waals surface area (Å²) in [7, 11) is 1.35. The maximum absolute atomic E-state index is 13.9. The zero-order valence-electron chi connectivity index (χ0n) is 16.2. The molecule has 1 aromatic carbocycles. The van der Waals surface area contributed by atoms with E-state index < -0.39 is 35.9 Å². The van der Waals surface area contributed by atoms with Crippen LogP contribution in [0.5, 0.6) is 5.75 Å². The molecular formula is C21H21F4NO3. The summed E-state index contributed by atoms with van der Waals surface area (Å²) in [6.45, 7) is 3.00. The predicted molar refractivity (Wildman–Crippen MR) is 99.3 cm³/mol. The van der Waals surface area contributed by atoms with Gasteiger partial charge in [-0.05, 0) is 48.2 Å². The number of pyridine rings is 1. The monoisotopic (exact) mass is 411 g/mol. The molecule has 0 spiro atoms. The number of rotatable bonds is 6. The van der Waals surface area contributed by atoms with Crippen molar-refractivity contribution in [2.75, 3.05) is 7.11 Å². The third-order valence-corrected chi connectivity index (χ3v) is 4.96. The minimum atomic E-state index is -4.95. The lowest BCUT2D eigenvalue weighted by atomic mass is 9.73. The Balaban J connectivity index is 1.99. The normalized spacial score (nSPS) is 14.8. The van der Waals surface area contributed by atoms with Crippen molar-refractivity contribution in [2.45, 2.75) is 43.9 Å². The Morgan fingerprint density at radius 2 is 1.86 bits per heavy atom. The summed E-state index contributed by atoms with van der Waals surface area (Å²) in [6.07, 6.45) is -5.01. The lowest BCUT2D eigenvalue weighted by Crippen LogP contribution is -2.50. The number of methoxy groups -OCH3 is 1. The van der Waals surface area contributed by atoms with Gasteiger partial charge in [0.25, 0.3) is 0 Å². The lowest BCUT2D eigenvalue weighted by Gasteiger charge is -2.38. The van der Waals surface area contributed by atoms with Crippen molar-refractivity contribution in [3.63, 3.8) is 0 Å². The van der Waals surface area contributed by atoms with Crippen LogP contribution in [0.25, 0.3) is 11.1 Å². The molecule has 0 aliphatic heterocycles. The van der Waals surface area contributed by atoms with E-state index in [1.165, 1.54) is 39.3 Å². The van der Waals surface area contributed by atoms with Crippen molar-refractivity contribution in [3.8, 4) is 5.75 Å². The number of hydrogen-bond donors (Lipinski definition) is 1. The van der Waals surface area contributed by atoms with E-state index in [9.17, 15) is 22.7 Å². The molecule has 29 heavy (non-hydrogen) atoms. The zero-order valence-corrected chi connectivity index (χ0v) is 16.2. The molecule has 1 atom stereocenters. The second kappa shape index (κ2) is 7.33. The fourth-order valence-corrected chi connectivity index (χ4v) is 3.60. The Labute approximate surface area is 165 Å². The van der Waals surface area contributed by atoms with Gasteiger partial charge in [0, 0.05) is 23.6 Å². The molecule has 0 aliphatic carbocycles. The van der Waals surface area contributed by atoms with E-state index in [0.29, 0.717) is 5.39 Å². The summed E-state index contributed by atoms with van der Waals surface area (Å²) in [6, 6.07) is 8.36. The molecule has 0 amide bonds. The molecule has 3 rings (SSSR count). The van der Waals surface area contributed by atoms with E-state index in [-0.39, 0.29) is 22.8 Å². The average Bonchev–Trinajstić information content (AvgIpc) is 3.02. The van der Waals surface area contributed by atoms with E-state index in [2.05, 4.69) is 4.98 Å². The van der Waals surface area contributed by atoms with Crippen molar-refractivity contribution in [2.24, 2.45) is 0 Å². The predicted octanol–water partition coefficient (Wildman–Crippen LogP) is 5.18. The van der Waals surface area contributed by atoms with Crippen LogP contribution in [0.1, 0.15) is 31.6 Å². The van der Waals surface area contributed by atoms with Crippen molar-refractivity contribution in [1.82, 2.24) is 4.98 Å². The lowest BCUT2D eigenvalue weighted by molar-refractivity contribution is -0.267. The van der Waals surface area contributed by atoms with E-state index >= 15 is 0 Å². The third-order valence-electron chi connectivity index (χ3n) is 4.96. The molecule has 3 aromatic rings. The van der Waals surface area contributed by atoms with Crippen LogP contribution in [0.15, 0.2) is 47.0 Å². The fourth-order valence-electron chi connectivity index (χ4n) is 3.60. The van der Waals surface area contributed by atoms with Crippen molar-refractivity contribution >= 4 is 11.1 Å². The summed E-state index contributed by atoms with van der Waals surface area (Å²) in [5, 5.41) is 11.3. The summed E-state index contributed by atoms with van der Waals surface area (Å²) in [4.78, 5) is 3.96. The first-order chi connectivity index (χ1) is 13.4. The van der Waals surface area contributed by atoms with Gasteiger partial charge in [-0.2, -0.15) is 13.2 Å². The van der Waals surface area contributed by atoms with Crippen LogP contribution in [-0.2, 0) is 11.8 Å². The number of ether oxygens (including phenoxy) is 1. The van der Waals surface area contributed by atoms with Gasteiger partial charge in [0.1, 0.15) is 17.3 Å². The highest BCUT2D eigenvalue weighted by Crippen LogP contribution is 2.45. The number of aromatic nitrogens is 1. The number of furan rings is 1. The summed E-state index contributed by atoms with van der Waals surface area (Å²) in [5.74, 6) is -0.401. The maximum Gasteiger partial charge on any atom is 0.417 e. The highest BCUT2D eigenvalue weighted by molar-refractivity contribution is 5.73. The number of alkyl halides is 3. The molecule has 0 saturated heterocycles. The van der Waals surface area contributed by atoms with E-state index in [1.807, 2.05) is 0 Å². The van der Waals surface area contributed by atoms with Crippen LogP contribution in [0, 0.1) is 5.82 Å².